The molecule has 2 aromatic carbocycles. The lowest BCUT2D eigenvalue weighted by Gasteiger charge is -2.29. The highest BCUT2D eigenvalue weighted by Gasteiger charge is 2.44. The number of likely N-dealkylation sites (tertiary alicyclic amines) is 1. The molecular weight excluding hydrogens is 472 g/mol. The van der Waals surface area contributed by atoms with Crippen molar-refractivity contribution < 1.29 is 34.2 Å². The number of hydrogen-bond acceptors (Lipinski definition) is 6. The quantitative estimate of drug-likeness (QED) is 0.196. The number of nitrogens with one attached hydrogen (secondary N) is 1. The van der Waals surface area contributed by atoms with Crippen LogP contribution < -0.4 is 19.5 Å². The summed E-state index contributed by atoms with van der Waals surface area (Å²) in [7, 11) is 1.42. The molecule has 3 rings (SSSR count). The number of carbonyl (C=O) groups excluding carboxylic acids is 2. The third-order valence-corrected chi connectivity index (χ3v) is 6.95. The van der Waals surface area contributed by atoms with Gasteiger partial charge in [0.15, 0.2) is 11.5 Å². The maximum Gasteiger partial charge on any atom is 0.295 e. The van der Waals surface area contributed by atoms with E-state index in [0.717, 1.165) is 31.5 Å². The maximum absolute atomic E-state index is 13.8. The number of likely N-dealkylation sites (N-methyl/N-ethyl adjacent to an activating group) is 1. The normalized spacial score (nSPS) is 17.0. The van der Waals surface area contributed by atoms with Crippen molar-refractivity contribution in [1.29, 1.82) is 0 Å². The number of nitrogens with zero attached hydrogens (tertiary/aromatic N) is 1. The Morgan fingerprint density at radius 2 is 1.81 bits per heavy atom. The summed E-state index contributed by atoms with van der Waals surface area (Å²) >= 11 is 0. The largest absolute Gasteiger partial charge is 0.872 e. The highest BCUT2D eigenvalue weighted by atomic mass is 16.5. The fourth-order valence-electron chi connectivity index (χ4n) is 4.63. The molecule has 1 unspecified atom stereocenters. The van der Waals surface area contributed by atoms with E-state index in [0.29, 0.717) is 36.6 Å². The van der Waals surface area contributed by atoms with E-state index in [2.05, 4.69) is 20.8 Å². The molecule has 1 aliphatic rings. The summed E-state index contributed by atoms with van der Waals surface area (Å²) in [5, 5.41) is 23.9. The monoisotopic (exact) mass is 510 g/mol. The summed E-state index contributed by atoms with van der Waals surface area (Å²) < 4.78 is 11.1. The zero-order chi connectivity index (χ0) is 27.1. The molecule has 0 bridgehead atoms. The Kier molecular flexibility index (Phi) is 9.58. The predicted octanol–water partition coefficient (Wildman–Crippen LogP) is 2.04. The molecule has 8 nitrogen and oxygen atoms in total. The molecule has 1 fully saturated rings. The van der Waals surface area contributed by atoms with E-state index in [1.165, 1.54) is 23.0 Å². The standard InChI is InChI=1S/C29H38N2O6/c1-6-9-16-37-23-13-11-21(17-19(23)4)27(33)25-26(20-10-12-22(32)24(18-20)36-5)31(29(35)28(25)34)15-14-30(7-2)8-3/h10-13,17-18,26,32-33H,6-9,14-16H2,1-5H3. The Hall–Kier alpha value is -3.52. The second kappa shape index (κ2) is 12.6. The molecule has 1 amide bonds. The fourth-order valence-corrected chi connectivity index (χ4v) is 4.63. The number of carbonyl (C=O) groups is 2. The van der Waals surface area contributed by atoms with Gasteiger partial charge in [0.25, 0.3) is 5.91 Å². The summed E-state index contributed by atoms with van der Waals surface area (Å²) in [6.07, 6.45) is 1.94. The topological polar surface area (TPSA) is 104 Å². The van der Waals surface area contributed by atoms with Crippen molar-refractivity contribution in [2.75, 3.05) is 39.9 Å². The number of benzene rings is 2. The first kappa shape index (κ1) is 28.1. The third-order valence-electron chi connectivity index (χ3n) is 6.95. The van der Waals surface area contributed by atoms with Gasteiger partial charge in [-0.25, -0.2) is 0 Å². The molecule has 0 aliphatic carbocycles. The van der Waals surface area contributed by atoms with E-state index in [1.807, 2.05) is 6.92 Å². The smallest absolute Gasteiger partial charge is 0.295 e. The second-order valence-corrected chi connectivity index (χ2v) is 9.29. The number of aryl methyl sites for hydroxylation is 1. The number of aromatic hydroxyl groups is 1. The molecule has 2 N–H and O–H groups in total. The van der Waals surface area contributed by atoms with Gasteiger partial charge in [-0.05, 0) is 68.1 Å². The van der Waals surface area contributed by atoms with Gasteiger partial charge in [0.1, 0.15) is 5.75 Å². The first-order chi connectivity index (χ1) is 17.8. The number of Topliss-reactive ketones (excluding diaryl/α,β-unsaturated/α-hetero) is 1. The van der Waals surface area contributed by atoms with E-state index in [4.69, 9.17) is 9.47 Å². The van der Waals surface area contributed by atoms with Crippen LogP contribution >= 0.6 is 0 Å². The Bertz CT molecular complexity index is 1160. The van der Waals surface area contributed by atoms with E-state index in [9.17, 15) is 19.8 Å². The molecule has 0 aromatic heterocycles. The van der Waals surface area contributed by atoms with Crippen molar-refractivity contribution in [1.82, 2.24) is 4.90 Å². The second-order valence-electron chi connectivity index (χ2n) is 9.29. The van der Waals surface area contributed by atoms with Crippen LogP contribution in [0.5, 0.6) is 17.2 Å². The molecule has 1 atom stereocenters. The minimum absolute atomic E-state index is 0.0665. The summed E-state index contributed by atoms with van der Waals surface area (Å²) in [6.45, 7) is 11.4. The van der Waals surface area contributed by atoms with Gasteiger partial charge < -0.3 is 29.5 Å². The maximum atomic E-state index is 13.8. The van der Waals surface area contributed by atoms with Crippen LogP contribution in [-0.2, 0) is 9.59 Å². The van der Waals surface area contributed by atoms with E-state index in [1.54, 1.807) is 30.3 Å². The van der Waals surface area contributed by atoms with Crippen LogP contribution in [0.3, 0.4) is 0 Å². The molecule has 2 aromatic rings. The van der Waals surface area contributed by atoms with Crippen molar-refractivity contribution in [3.8, 4) is 17.2 Å². The Morgan fingerprint density at radius 3 is 2.43 bits per heavy atom. The fraction of sp³-hybridized carbons (Fsp3) is 0.448. The SMILES string of the molecule is CCCCOc1ccc(C([O-])=C2C(=O)C(=O)N(CC[NH+](CC)CC)C2c2ccc(O)c(OC)c2)cc1C. The number of rotatable bonds is 12. The number of phenolic OH excluding ortho intramolecular Hbond substituents is 1. The van der Waals surface area contributed by atoms with Crippen LogP contribution in [0.15, 0.2) is 42.0 Å². The van der Waals surface area contributed by atoms with Crippen LogP contribution in [0.1, 0.15) is 56.3 Å². The van der Waals surface area contributed by atoms with Crippen molar-refractivity contribution >= 4 is 17.4 Å². The molecule has 1 aliphatic heterocycles. The molecule has 0 saturated carbocycles. The molecule has 0 spiro atoms. The number of ether oxygens (including phenoxy) is 2. The number of amides is 1. The van der Waals surface area contributed by atoms with E-state index in [-0.39, 0.29) is 17.1 Å². The zero-order valence-electron chi connectivity index (χ0n) is 22.4. The van der Waals surface area contributed by atoms with Gasteiger partial charge >= 0.3 is 0 Å². The highest BCUT2D eigenvalue weighted by Crippen LogP contribution is 2.41. The predicted molar refractivity (Wildman–Crippen MR) is 140 cm³/mol. The number of phenols is 1. The Labute approximate surface area is 219 Å². The molecule has 1 heterocycles. The summed E-state index contributed by atoms with van der Waals surface area (Å²) in [5.41, 5.74) is 1.54. The lowest BCUT2D eigenvalue weighted by molar-refractivity contribution is -0.895. The number of unbranched alkanes of at least 4 members (excludes halogenated alkanes) is 1. The van der Waals surface area contributed by atoms with Crippen LogP contribution in [-0.4, -0.2) is 61.6 Å². The van der Waals surface area contributed by atoms with Gasteiger partial charge in [0, 0.05) is 5.57 Å². The third kappa shape index (κ3) is 6.07. The Morgan fingerprint density at radius 1 is 1.08 bits per heavy atom. The van der Waals surface area contributed by atoms with E-state index < -0.39 is 23.5 Å². The van der Waals surface area contributed by atoms with Crippen molar-refractivity contribution in [2.24, 2.45) is 0 Å². The van der Waals surface area contributed by atoms with Crippen molar-refractivity contribution in [3.05, 3.63) is 58.7 Å². The number of methoxy groups -OCH3 is 1. The number of ketones is 1. The molecule has 0 radical (unpaired) electrons. The van der Waals surface area contributed by atoms with Gasteiger partial charge in [-0.3, -0.25) is 9.59 Å². The minimum Gasteiger partial charge on any atom is -0.872 e. The number of quaternary nitrogens is 1. The van der Waals surface area contributed by atoms with Crippen molar-refractivity contribution in [3.63, 3.8) is 0 Å². The summed E-state index contributed by atoms with van der Waals surface area (Å²) in [5.74, 6) is -1.15. The molecule has 8 heteroatoms. The van der Waals surface area contributed by atoms with Gasteiger partial charge in [0.05, 0.1) is 45.9 Å². The highest BCUT2D eigenvalue weighted by molar-refractivity contribution is 6.46. The average molecular weight is 511 g/mol. The van der Waals surface area contributed by atoms with Crippen LogP contribution in [0, 0.1) is 6.92 Å². The van der Waals surface area contributed by atoms with Gasteiger partial charge in [-0.1, -0.05) is 31.2 Å². The first-order valence-corrected chi connectivity index (χ1v) is 13.0. The Balaban J connectivity index is 2.08. The van der Waals surface area contributed by atoms with Gasteiger partial charge in [0.2, 0.25) is 5.78 Å². The minimum atomic E-state index is -0.877. The van der Waals surface area contributed by atoms with Gasteiger partial charge in [-0.15, -0.1) is 0 Å². The van der Waals surface area contributed by atoms with Crippen molar-refractivity contribution in [2.45, 2.75) is 46.6 Å². The first-order valence-electron chi connectivity index (χ1n) is 13.0. The molecule has 37 heavy (non-hydrogen) atoms. The van der Waals surface area contributed by atoms with Crippen LogP contribution in [0.25, 0.3) is 5.76 Å². The van der Waals surface area contributed by atoms with Gasteiger partial charge in [-0.2, -0.15) is 0 Å². The average Bonchev–Trinajstić information content (AvgIpc) is 3.15. The molecule has 200 valence electrons. The lowest BCUT2D eigenvalue weighted by atomic mass is 9.94. The number of hydrogen-bond donors (Lipinski definition) is 2. The van der Waals surface area contributed by atoms with Crippen LogP contribution in [0.2, 0.25) is 0 Å². The lowest BCUT2D eigenvalue weighted by Crippen LogP contribution is -3.12. The van der Waals surface area contributed by atoms with Crippen LogP contribution in [0.4, 0.5) is 0 Å². The zero-order valence-corrected chi connectivity index (χ0v) is 22.4. The summed E-state index contributed by atoms with van der Waals surface area (Å²) in [6, 6.07) is 8.84. The molecular formula is C29H38N2O6. The molecule has 1 saturated heterocycles. The summed E-state index contributed by atoms with van der Waals surface area (Å²) in [4.78, 5) is 29.2. The van der Waals surface area contributed by atoms with E-state index >= 15 is 0 Å².